The third-order valence-electron chi connectivity index (χ3n) is 3.33. The third kappa shape index (κ3) is 2.93. The van der Waals surface area contributed by atoms with Gasteiger partial charge in [0, 0.05) is 37.1 Å². The quantitative estimate of drug-likeness (QED) is 0.932. The van der Waals surface area contributed by atoms with Gasteiger partial charge in [0.2, 0.25) is 5.91 Å². The Morgan fingerprint density at radius 1 is 1.35 bits per heavy atom. The smallest absolute Gasteiger partial charge is 0.231 e. The minimum Gasteiger partial charge on any atom is -0.355 e. The van der Waals surface area contributed by atoms with Crippen LogP contribution < -0.4 is 10.2 Å². The van der Waals surface area contributed by atoms with Gasteiger partial charge in [-0.25, -0.2) is 9.97 Å². The molecular weight excluding hydrogens is 274 g/mol. The van der Waals surface area contributed by atoms with E-state index in [2.05, 4.69) is 25.2 Å². The Bertz CT molecular complexity index is 559. The lowest BCUT2D eigenvalue weighted by Gasteiger charge is -2.32. The molecule has 0 aliphatic carbocycles. The fourth-order valence-corrected chi connectivity index (χ4v) is 2.88. The van der Waals surface area contributed by atoms with Gasteiger partial charge in [-0.05, 0) is 12.8 Å². The normalized spacial score (nSPS) is 18.8. The average Bonchev–Trinajstić information content (AvgIpc) is 3.01. The van der Waals surface area contributed by atoms with Crippen molar-refractivity contribution < 1.29 is 4.79 Å². The van der Waals surface area contributed by atoms with Gasteiger partial charge >= 0.3 is 0 Å². The number of piperidine rings is 1. The van der Waals surface area contributed by atoms with E-state index in [4.69, 9.17) is 0 Å². The molecule has 104 valence electrons. The van der Waals surface area contributed by atoms with Gasteiger partial charge in [0.1, 0.15) is 5.82 Å². The highest BCUT2D eigenvalue weighted by Gasteiger charge is 2.26. The number of carbonyl (C=O) groups excluding carboxylic acids is 1. The van der Waals surface area contributed by atoms with Gasteiger partial charge in [-0.1, -0.05) is 0 Å². The number of anilines is 2. The lowest BCUT2D eigenvalue weighted by Crippen LogP contribution is -2.41. The Labute approximate surface area is 120 Å². The maximum Gasteiger partial charge on any atom is 0.231 e. The molecule has 0 aromatic carbocycles. The van der Waals surface area contributed by atoms with E-state index in [-0.39, 0.29) is 11.8 Å². The topological polar surface area (TPSA) is 71.0 Å². The van der Waals surface area contributed by atoms with E-state index < -0.39 is 0 Å². The number of amides is 1. The molecule has 1 aliphatic rings. The first-order chi connectivity index (χ1) is 9.83. The van der Waals surface area contributed by atoms with Crippen LogP contribution in [-0.4, -0.2) is 33.9 Å². The number of thiazole rings is 1. The van der Waals surface area contributed by atoms with Crippen LogP contribution in [0.3, 0.4) is 0 Å². The Kier molecular flexibility index (Phi) is 3.87. The second-order valence-electron chi connectivity index (χ2n) is 4.68. The summed E-state index contributed by atoms with van der Waals surface area (Å²) in [4.78, 5) is 26.8. The van der Waals surface area contributed by atoms with Crippen LogP contribution in [0.5, 0.6) is 0 Å². The molecule has 1 saturated heterocycles. The van der Waals surface area contributed by atoms with Crippen molar-refractivity contribution in [2.75, 3.05) is 23.3 Å². The van der Waals surface area contributed by atoms with Crippen molar-refractivity contribution >= 4 is 28.2 Å². The lowest BCUT2D eigenvalue weighted by atomic mass is 9.97. The fourth-order valence-electron chi connectivity index (χ4n) is 2.35. The monoisotopic (exact) mass is 289 g/mol. The molecule has 1 aliphatic heterocycles. The van der Waals surface area contributed by atoms with E-state index in [9.17, 15) is 4.79 Å². The van der Waals surface area contributed by atoms with Crippen molar-refractivity contribution in [2.24, 2.45) is 5.92 Å². The van der Waals surface area contributed by atoms with Crippen LogP contribution in [0.15, 0.2) is 30.2 Å². The van der Waals surface area contributed by atoms with Crippen molar-refractivity contribution in [2.45, 2.75) is 12.8 Å². The minimum atomic E-state index is -0.0327. The maximum atomic E-state index is 12.2. The standard InChI is InChI=1S/C13H15N5OS/c19-12(17-13-16-5-7-20-13)10-2-1-6-18(9-10)11-8-14-3-4-15-11/h3-5,7-8,10H,1-2,6,9H2,(H,16,17,19)/t10-/m0/s1. The molecule has 20 heavy (non-hydrogen) atoms. The van der Waals surface area contributed by atoms with Crippen LogP contribution in [0.4, 0.5) is 10.9 Å². The molecule has 2 aromatic rings. The summed E-state index contributed by atoms with van der Waals surface area (Å²) in [5.74, 6) is 0.836. The Morgan fingerprint density at radius 3 is 3.05 bits per heavy atom. The average molecular weight is 289 g/mol. The van der Waals surface area contributed by atoms with Gasteiger partial charge < -0.3 is 10.2 Å². The van der Waals surface area contributed by atoms with Crippen molar-refractivity contribution in [1.82, 2.24) is 15.0 Å². The number of nitrogens with zero attached hydrogens (tertiary/aromatic N) is 4. The molecule has 1 N–H and O–H groups in total. The van der Waals surface area contributed by atoms with Crippen molar-refractivity contribution in [1.29, 1.82) is 0 Å². The van der Waals surface area contributed by atoms with E-state index in [0.29, 0.717) is 11.7 Å². The highest BCUT2D eigenvalue weighted by atomic mass is 32.1. The molecule has 3 heterocycles. The number of nitrogens with one attached hydrogen (secondary N) is 1. The van der Waals surface area contributed by atoms with Crippen LogP contribution >= 0.6 is 11.3 Å². The van der Waals surface area contributed by atoms with E-state index >= 15 is 0 Å². The first-order valence-electron chi connectivity index (χ1n) is 6.54. The van der Waals surface area contributed by atoms with Crippen LogP contribution in [0.25, 0.3) is 0 Å². The molecule has 3 rings (SSSR count). The highest BCUT2D eigenvalue weighted by Crippen LogP contribution is 2.22. The number of rotatable bonds is 3. The van der Waals surface area contributed by atoms with Crippen molar-refractivity contribution in [3.8, 4) is 0 Å². The second kappa shape index (κ2) is 5.96. The molecule has 0 spiro atoms. The molecule has 0 unspecified atom stereocenters. The van der Waals surface area contributed by atoms with Gasteiger partial charge in [0.05, 0.1) is 12.1 Å². The summed E-state index contributed by atoms with van der Waals surface area (Å²) in [5.41, 5.74) is 0. The number of aromatic nitrogens is 3. The molecule has 6 nitrogen and oxygen atoms in total. The summed E-state index contributed by atoms with van der Waals surface area (Å²) >= 11 is 1.43. The van der Waals surface area contributed by atoms with Gasteiger partial charge in [-0.15, -0.1) is 11.3 Å². The molecule has 0 saturated carbocycles. The van der Waals surface area contributed by atoms with Gasteiger partial charge in [-0.2, -0.15) is 0 Å². The SMILES string of the molecule is O=C(Nc1nccs1)[C@H]1CCCN(c2cnccn2)C1. The molecule has 1 fully saturated rings. The zero-order chi connectivity index (χ0) is 13.8. The summed E-state index contributed by atoms with van der Waals surface area (Å²) in [5, 5.41) is 5.38. The van der Waals surface area contributed by atoms with Crippen LogP contribution in [0.2, 0.25) is 0 Å². The van der Waals surface area contributed by atoms with E-state index in [1.165, 1.54) is 11.3 Å². The Hall–Kier alpha value is -2.02. The van der Waals surface area contributed by atoms with Crippen LogP contribution in [0.1, 0.15) is 12.8 Å². The van der Waals surface area contributed by atoms with Gasteiger partial charge in [-0.3, -0.25) is 9.78 Å². The molecule has 7 heteroatoms. The molecule has 0 radical (unpaired) electrons. The van der Waals surface area contributed by atoms with Crippen LogP contribution in [-0.2, 0) is 4.79 Å². The summed E-state index contributed by atoms with van der Waals surface area (Å²) in [6.07, 6.45) is 8.63. The number of hydrogen-bond acceptors (Lipinski definition) is 6. The summed E-state index contributed by atoms with van der Waals surface area (Å²) < 4.78 is 0. The zero-order valence-corrected chi connectivity index (χ0v) is 11.7. The predicted octanol–water partition coefficient (Wildman–Crippen LogP) is 1.79. The lowest BCUT2D eigenvalue weighted by molar-refractivity contribution is -0.120. The molecular formula is C13H15N5OS. The van der Waals surface area contributed by atoms with Crippen molar-refractivity contribution in [3.05, 3.63) is 30.2 Å². The second-order valence-corrected chi connectivity index (χ2v) is 5.57. The van der Waals surface area contributed by atoms with E-state index in [1.54, 1.807) is 24.8 Å². The zero-order valence-electron chi connectivity index (χ0n) is 10.9. The van der Waals surface area contributed by atoms with Gasteiger partial charge in [0.15, 0.2) is 5.13 Å². The van der Waals surface area contributed by atoms with Crippen molar-refractivity contribution in [3.63, 3.8) is 0 Å². The Morgan fingerprint density at radius 2 is 2.30 bits per heavy atom. The molecule has 0 bridgehead atoms. The summed E-state index contributed by atoms with van der Waals surface area (Å²) in [6.45, 7) is 1.59. The van der Waals surface area contributed by atoms with Gasteiger partial charge in [0.25, 0.3) is 0 Å². The van der Waals surface area contributed by atoms with E-state index in [0.717, 1.165) is 25.2 Å². The maximum absolute atomic E-state index is 12.2. The highest BCUT2D eigenvalue weighted by molar-refractivity contribution is 7.13. The molecule has 2 aromatic heterocycles. The molecule has 1 amide bonds. The predicted molar refractivity (Wildman–Crippen MR) is 77.7 cm³/mol. The third-order valence-corrected chi connectivity index (χ3v) is 4.02. The Balaban J connectivity index is 1.64. The van der Waals surface area contributed by atoms with Crippen LogP contribution in [0, 0.1) is 5.92 Å². The largest absolute Gasteiger partial charge is 0.355 e. The minimum absolute atomic E-state index is 0.0327. The first-order valence-corrected chi connectivity index (χ1v) is 7.42. The molecule has 1 atom stereocenters. The number of hydrogen-bond donors (Lipinski definition) is 1. The summed E-state index contributed by atoms with van der Waals surface area (Å²) in [6, 6.07) is 0. The number of carbonyl (C=O) groups is 1. The van der Waals surface area contributed by atoms with E-state index in [1.807, 2.05) is 5.38 Å². The fraction of sp³-hybridized carbons (Fsp3) is 0.385. The summed E-state index contributed by atoms with van der Waals surface area (Å²) in [7, 11) is 0. The first kappa shape index (κ1) is 13.0.